The van der Waals surface area contributed by atoms with Crippen molar-refractivity contribution in [2.75, 3.05) is 6.61 Å². The minimum atomic E-state index is -1.15. The van der Waals surface area contributed by atoms with E-state index in [1.165, 1.54) is 10.8 Å². The molecule has 1 fully saturated rings. The van der Waals surface area contributed by atoms with Crippen LogP contribution in [-0.2, 0) is 25.4 Å². The highest BCUT2D eigenvalue weighted by Gasteiger charge is 2.52. The van der Waals surface area contributed by atoms with Gasteiger partial charge in [-0.15, -0.1) is 0 Å². The van der Waals surface area contributed by atoms with Crippen molar-refractivity contribution >= 4 is 34.2 Å². The number of alkyl halides is 1. The first-order valence-corrected chi connectivity index (χ1v) is 20.0. The van der Waals surface area contributed by atoms with E-state index < -0.39 is 40.9 Å². The van der Waals surface area contributed by atoms with Crippen LogP contribution in [0.3, 0.4) is 0 Å². The number of ether oxygens (including phenoxy) is 3. The molecule has 1 saturated heterocycles. The second-order valence-corrected chi connectivity index (χ2v) is 15.5. The van der Waals surface area contributed by atoms with Gasteiger partial charge in [-0.05, 0) is 33.4 Å². The molecule has 4 atom stereocenters. The molecule has 0 unspecified atom stereocenters. The van der Waals surface area contributed by atoms with Gasteiger partial charge in [0.15, 0.2) is 6.23 Å². The summed E-state index contributed by atoms with van der Waals surface area (Å²) in [5.74, 6) is 0. The van der Waals surface area contributed by atoms with Crippen molar-refractivity contribution in [1.82, 2.24) is 9.55 Å². The van der Waals surface area contributed by atoms with Gasteiger partial charge in [0.05, 0.1) is 16.6 Å². The number of hydrogen-bond donors (Lipinski definition) is 1. The van der Waals surface area contributed by atoms with Crippen molar-refractivity contribution in [2.45, 2.75) is 33.6 Å². The molecule has 0 amide bonds. The normalized spacial score (nSPS) is 18.5. The summed E-state index contributed by atoms with van der Waals surface area (Å²) in [4.78, 5) is 28.6. The molecule has 6 aromatic carbocycles. The Kier molecular flexibility index (Phi) is 11.2. The van der Waals surface area contributed by atoms with Gasteiger partial charge in [-0.3, -0.25) is 14.3 Å². The largest absolute Gasteiger partial charge is 0.358 e. The minimum Gasteiger partial charge on any atom is -0.358 e. The molecular formula is C47H38ClIN2O5. The Balaban J connectivity index is 1.27. The molecule has 0 saturated carbocycles. The number of halogens is 2. The lowest BCUT2D eigenvalue weighted by Gasteiger charge is -2.40. The highest BCUT2D eigenvalue weighted by molar-refractivity contribution is 14.1. The molecule has 0 spiro atoms. The first-order chi connectivity index (χ1) is 27.4. The number of benzene rings is 6. The van der Waals surface area contributed by atoms with E-state index in [2.05, 4.69) is 64.0 Å². The Labute approximate surface area is 343 Å². The number of aromatic amines is 1. The van der Waals surface area contributed by atoms with Gasteiger partial charge < -0.3 is 14.2 Å². The standard InChI is InChI=1S/C47H38ClIN2O5/c48-39-31-51(45(53)50-43(39)52)44-42(56-47(36-25-13-4-14-26-36,37-27-15-5-16-28-37)38-29-17-6-18-30-38)41(49)40(55-44)32-54-46(33-19-7-1-8-20-33,34-21-9-2-10-22-34)35-23-11-3-12-24-35/h1-31,40-42,44H,32H2,(H,50,52,53)/t40-,41-,42-,44-/m1/s1. The van der Waals surface area contributed by atoms with Crippen molar-refractivity contribution in [3.8, 4) is 0 Å². The molecule has 8 rings (SSSR count). The van der Waals surface area contributed by atoms with E-state index in [1.54, 1.807) is 0 Å². The summed E-state index contributed by atoms with van der Waals surface area (Å²) in [6.45, 7) is 0.115. The summed E-state index contributed by atoms with van der Waals surface area (Å²) in [5.41, 5.74) is 2.01. The van der Waals surface area contributed by atoms with Crippen LogP contribution in [0.15, 0.2) is 198 Å². The van der Waals surface area contributed by atoms with Gasteiger partial charge in [0.1, 0.15) is 22.3 Å². The lowest BCUT2D eigenvalue weighted by molar-refractivity contribution is -0.119. The SMILES string of the molecule is O=c1[nH]c(=O)n([C@@H]2O[C@H](COC(c3ccccc3)(c3ccccc3)c3ccccc3)[C@@H](I)[C@H]2OC(c2ccccc2)(c2ccccc2)c2ccccc2)cc1Cl. The van der Waals surface area contributed by atoms with Crippen LogP contribution in [0.2, 0.25) is 5.02 Å². The van der Waals surface area contributed by atoms with Crippen LogP contribution in [-0.4, -0.2) is 32.3 Å². The van der Waals surface area contributed by atoms with Crippen LogP contribution in [0.1, 0.15) is 39.6 Å². The van der Waals surface area contributed by atoms with Crippen molar-refractivity contribution < 1.29 is 14.2 Å². The van der Waals surface area contributed by atoms with Crippen molar-refractivity contribution in [3.05, 3.63) is 247 Å². The van der Waals surface area contributed by atoms with Gasteiger partial charge >= 0.3 is 5.69 Å². The fourth-order valence-electron chi connectivity index (χ4n) is 7.73. The van der Waals surface area contributed by atoms with Crippen LogP contribution in [0.4, 0.5) is 0 Å². The Morgan fingerprint density at radius 2 is 0.946 bits per heavy atom. The fourth-order valence-corrected chi connectivity index (χ4v) is 8.76. The van der Waals surface area contributed by atoms with Gasteiger partial charge in [-0.1, -0.05) is 216 Å². The van der Waals surface area contributed by atoms with E-state index in [1.807, 2.05) is 146 Å². The Morgan fingerprint density at radius 3 is 1.32 bits per heavy atom. The fraction of sp³-hybridized carbons (Fsp3) is 0.149. The molecule has 1 aromatic heterocycles. The summed E-state index contributed by atoms with van der Waals surface area (Å²) >= 11 is 8.77. The topological polar surface area (TPSA) is 82.6 Å². The smallest absolute Gasteiger partial charge is 0.330 e. The van der Waals surface area contributed by atoms with Crippen LogP contribution in [0.5, 0.6) is 0 Å². The molecule has 2 heterocycles. The second-order valence-electron chi connectivity index (χ2n) is 13.6. The summed E-state index contributed by atoms with van der Waals surface area (Å²) in [7, 11) is 0. The lowest BCUT2D eigenvalue weighted by Crippen LogP contribution is -2.44. The van der Waals surface area contributed by atoms with E-state index in [9.17, 15) is 9.59 Å². The zero-order valence-electron chi connectivity index (χ0n) is 30.2. The molecular weight excluding hydrogens is 835 g/mol. The second kappa shape index (κ2) is 16.6. The van der Waals surface area contributed by atoms with Crippen LogP contribution in [0, 0.1) is 0 Å². The highest BCUT2D eigenvalue weighted by Crippen LogP contribution is 2.48. The predicted octanol–water partition coefficient (Wildman–Crippen LogP) is 9.28. The van der Waals surface area contributed by atoms with E-state index in [0.29, 0.717) is 0 Å². The molecule has 280 valence electrons. The summed E-state index contributed by atoms with van der Waals surface area (Å²) in [6, 6.07) is 60.6. The number of nitrogens with zero attached hydrogens (tertiary/aromatic N) is 1. The van der Waals surface area contributed by atoms with Crippen LogP contribution < -0.4 is 11.2 Å². The average molecular weight is 873 g/mol. The molecule has 0 radical (unpaired) electrons. The molecule has 7 nitrogen and oxygen atoms in total. The molecule has 0 aliphatic carbocycles. The number of H-pyrrole nitrogens is 1. The van der Waals surface area contributed by atoms with E-state index in [-0.39, 0.29) is 15.6 Å². The van der Waals surface area contributed by atoms with Crippen molar-refractivity contribution in [1.29, 1.82) is 0 Å². The Hall–Kier alpha value is -5.10. The maximum absolute atomic E-state index is 13.7. The minimum absolute atomic E-state index is 0.115. The van der Waals surface area contributed by atoms with E-state index in [4.69, 9.17) is 25.8 Å². The molecule has 9 heteroatoms. The third kappa shape index (κ3) is 7.08. The van der Waals surface area contributed by atoms with Gasteiger partial charge in [-0.25, -0.2) is 4.79 Å². The molecule has 7 aromatic rings. The maximum Gasteiger partial charge on any atom is 0.330 e. The molecule has 1 aliphatic rings. The van der Waals surface area contributed by atoms with Crippen molar-refractivity contribution in [3.63, 3.8) is 0 Å². The van der Waals surface area contributed by atoms with Crippen LogP contribution in [0.25, 0.3) is 0 Å². The van der Waals surface area contributed by atoms with Gasteiger partial charge in [0, 0.05) is 6.20 Å². The summed E-state index contributed by atoms with van der Waals surface area (Å²) in [5, 5.41) is -0.145. The summed E-state index contributed by atoms with van der Waals surface area (Å²) < 4.78 is 22.7. The van der Waals surface area contributed by atoms with Crippen molar-refractivity contribution in [2.24, 2.45) is 0 Å². The van der Waals surface area contributed by atoms with Gasteiger partial charge in [0.2, 0.25) is 0 Å². The monoisotopic (exact) mass is 872 g/mol. The molecule has 0 bridgehead atoms. The number of hydrogen-bond acceptors (Lipinski definition) is 5. The van der Waals surface area contributed by atoms with Crippen LogP contribution >= 0.6 is 34.2 Å². The third-order valence-electron chi connectivity index (χ3n) is 10.3. The van der Waals surface area contributed by atoms with Gasteiger partial charge in [0.25, 0.3) is 5.56 Å². The predicted molar refractivity (Wildman–Crippen MR) is 227 cm³/mol. The number of nitrogens with one attached hydrogen (secondary N) is 1. The van der Waals surface area contributed by atoms with E-state index >= 15 is 0 Å². The maximum atomic E-state index is 13.7. The lowest BCUT2D eigenvalue weighted by atomic mass is 9.79. The average Bonchev–Trinajstić information content (AvgIpc) is 3.56. The third-order valence-corrected chi connectivity index (χ3v) is 12.1. The molecule has 56 heavy (non-hydrogen) atoms. The first kappa shape index (κ1) is 37.8. The quantitative estimate of drug-likeness (QED) is 0.0753. The number of aromatic nitrogens is 2. The first-order valence-electron chi connectivity index (χ1n) is 18.4. The molecule has 1 aliphatic heterocycles. The summed E-state index contributed by atoms with van der Waals surface area (Å²) in [6.07, 6.45) is -1.06. The van der Waals surface area contributed by atoms with E-state index in [0.717, 1.165) is 33.4 Å². The van der Waals surface area contributed by atoms with Gasteiger partial charge in [-0.2, -0.15) is 0 Å². The highest BCUT2D eigenvalue weighted by atomic mass is 127. The Bertz CT molecular complexity index is 2280. The molecule has 1 N–H and O–H groups in total. The number of rotatable bonds is 12. The zero-order valence-corrected chi connectivity index (χ0v) is 33.1. The Morgan fingerprint density at radius 1 is 0.589 bits per heavy atom. The zero-order chi connectivity index (χ0) is 38.5.